The molecule has 0 unspecified atom stereocenters. The van der Waals surface area contributed by atoms with Gasteiger partial charge in [0.05, 0.1) is 11.3 Å². The van der Waals surface area contributed by atoms with Crippen molar-refractivity contribution in [2.75, 3.05) is 31.9 Å². The van der Waals surface area contributed by atoms with Crippen molar-refractivity contribution in [2.45, 2.75) is 40.7 Å². The summed E-state index contributed by atoms with van der Waals surface area (Å²) in [6.45, 7) is 13.7. The molecule has 212 valence electrons. The lowest BCUT2D eigenvalue weighted by Crippen LogP contribution is -2.54. The molecule has 1 spiro atoms. The number of likely N-dealkylation sites (tertiary alicyclic amines) is 1. The minimum atomic E-state index is 0.451. The minimum Gasteiger partial charge on any atom is -0.383 e. The van der Waals surface area contributed by atoms with Crippen LogP contribution in [0.4, 0.5) is 5.82 Å². The van der Waals surface area contributed by atoms with Crippen LogP contribution in [-0.4, -0.2) is 50.6 Å². The zero-order valence-corrected chi connectivity index (χ0v) is 24.6. The zero-order chi connectivity index (χ0) is 28.8. The predicted octanol–water partition coefficient (Wildman–Crippen LogP) is 6.58. The van der Waals surface area contributed by atoms with Crippen molar-refractivity contribution in [3.8, 4) is 28.3 Å². The highest BCUT2D eigenvalue weighted by atomic mass is 15.2. The summed E-state index contributed by atoms with van der Waals surface area (Å²) in [6, 6.07) is 26.9. The predicted molar refractivity (Wildman–Crippen MR) is 170 cm³/mol. The van der Waals surface area contributed by atoms with Crippen LogP contribution in [-0.2, 0) is 6.54 Å². The van der Waals surface area contributed by atoms with E-state index < -0.39 is 0 Å². The minimum absolute atomic E-state index is 0.451. The number of nitrogen functional groups attached to an aromatic ring is 1. The van der Waals surface area contributed by atoms with Crippen molar-refractivity contribution >= 4 is 17.0 Å². The summed E-state index contributed by atoms with van der Waals surface area (Å²) in [5.74, 6) is 1.19. The van der Waals surface area contributed by atoms with Crippen molar-refractivity contribution in [3.63, 3.8) is 0 Å². The first-order valence-electron chi connectivity index (χ1n) is 14.9. The molecule has 2 aliphatic heterocycles. The first kappa shape index (κ1) is 28.5. The summed E-state index contributed by atoms with van der Waals surface area (Å²) in [6.07, 6.45) is 3.00. The quantitative estimate of drug-likeness (QED) is 0.259. The van der Waals surface area contributed by atoms with Gasteiger partial charge in [-0.3, -0.25) is 9.47 Å². The van der Waals surface area contributed by atoms with Gasteiger partial charge in [0.15, 0.2) is 11.5 Å². The zero-order valence-electron chi connectivity index (χ0n) is 24.6. The molecule has 7 rings (SSSR count). The van der Waals surface area contributed by atoms with Gasteiger partial charge in [0, 0.05) is 49.0 Å². The van der Waals surface area contributed by atoms with Gasteiger partial charge in [0.2, 0.25) is 0 Å². The molecule has 0 atom stereocenters. The molecule has 0 saturated carbocycles. The first-order valence-corrected chi connectivity index (χ1v) is 14.9. The number of benzene rings is 2. The SMILES string of the molecule is CC.CC.Nc1ncccc1-c1nc2ccc(-c3ccccc3)nc2n1-c1ccc(CN2CCC3(CNC3)C2)cc1. The first-order chi connectivity index (χ1) is 20.2. The van der Waals surface area contributed by atoms with Gasteiger partial charge in [-0.15, -0.1) is 0 Å². The monoisotopic (exact) mass is 547 g/mol. The van der Waals surface area contributed by atoms with Crippen molar-refractivity contribution in [1.82, 2.24) is 29.7 Å². The van der Waals surface area contributed by atoms with E-state index >= 15 is 0 Å². The van der Waals surface area contributed by atoms with Crippen molar-refractivity contribution in [2.24, 2.45) is 5.41 Å². The fourth-order valence-corrected chi connectivity index (χ4v) is 5.70. The van der Waals surface area contributed by atoms with Crippen LogP contribution in [0.2, 0.25) is 0 Å². The molecule has 2 aliphatic rings. The van der Waals surface area contributed by atoms with Crippen LogP contribution in [0.15, 0.2) is 85.1 Å². The number of nitrogens with zero attached hydrogens (tertiary/aromatic N) is 5. The van der Waals surface area contributed by atoms with Crippen LogP contribution in [0, 0.1) is 5.41 Å². The molecular formula is C34H41N7. The van der Waals surface area contributed by atoms with Crippen molar-refractivity contribution in [3.05, 3.63) is 90.6 Å². The van der Waals surface area contributed by atoms with Gasteiger partial charge in [0.1, 0.15) is 11.3 Å². The summed E-state index contributed by atoms with van der Waals surface area (Å²) in [7, 11) is 0. The maximum atomic E-state index is 6.30. The molecule has 0 bridgehead atoms. The van der Waals surface area contributed by atoms with E-state index in [0.29, 0.717) is 11.2 Å². The molecule has 0 radical (unpaired) electrons. The van der Waals surface area contributed by atoms with Gasteiger partial charge >= 0.3 is 0 Å². The van der Waals surface area contributed by atoms with Crippen molar-refractivity contribution in [1.29, 1.82) is 0 Å². The summed E-state index contributed by atoms with van der Waals surface area (Å²) < 4.78 is 2.10. The highest BCUT2D eigenvalue weighted by molar-refractivity contribution is 5.84. The van der Waals surface area contributed by atoms with Crippen molar-refractivity contribution < 1.29 is 0 Å². The Morgan fingerprint density at radius 1 is 0.854 bits per heavy atom. The van der Waals surface area contributed by atoms with E-state index in [1.54, 1.807) is 6.20 Å². The Hall–Kier alpha value is -4.07. The fraction of sp³-hybridized carbons (Fsp3) is 0.324. The third-order valence-electron chi connectivity index (χ3n) is 7.77. The van der Waals surface area contributed by atoms with E-state index in [0.717, 1.165) is 59.1 Å². The third-order valence-corrected chi connectivity index (χ3v) is 7.77. The van der Waals surface area contributed by atoms with E-state index in [9.17, 15) is 0 Å². The maximum Gasteiger partial charge on any atom is 0.165 e. The Bertz CT molecular complexity index is 1570. The van der Waals surface area contributed by atoms with Gasteiger partial charge in [-0.25, -0.2) is 15.0 Å². The number of imidazole rings is 1. The summed E-state index contributed by atoms with van der Waals surface area (Å²) in [4.78, 5) is 16.9. The molecule has 7 heteroatoms. The molecule has 0 aliphatic carbocycles. The van der Waals surface area contributed by atoms with Crippen LogP contribution in [0.5, 0.6) is 0 Å². The Morgan fingerprint density at radius 2 is 1.61 bits per heavy atom. The smallest absolute Gasteiger partial charge is 0.165 e. The average Bonchev–Trinajstić information content (AvgIpc) is 3.62. The van der Waals surface area contributed by atoms with Crippen LogP contribution in [0.1, 0.15) is 39.7 Å². The Kier molecular flexibility index (Phi) is 8.76. The topological polar surface area (TPSA) is 84.9 Å². The number of hydrogen-bond acceptors (Lipinski definition) is 6. The van der Waals surface area contributed by atoms with Gasteiger partial charge in [-0.05, 0) is 54.9 Å². The second-order valence-electron chi connectivity index (χ2n) is 10.3. The Balaban J connectivity index is 0.000000810. The van der Waals surface area contributed by atoms with Crippen LogP contribution >= 0.6 is 0 Å². The molecule has 2 aromatic carbocycles. The highest BCUT2D eigenvalue weighted by Gasteiger charge is 2.42. The van der Waals surface area contributed by atoms with E-state index in [2.05, 4.69) is 56.2 Å². The molecule has 7 nitrogen and oxygen atoms in total. The summed E-state index contributed by atoms with van der Waals surface area (Å²) in [5.41, 5.74) is 13.5. The lowest BCUT2D eigenvalue weighted by atomic mass is 9.81. The number of pyridine rings is 2. The number of aromatic nitrogens is 4. The largest absolute Gasteiger partial charge is 0.383 e. The van der Waals surface area contributed by atoms with Gasteiger partial charge in [-0.1, -0.05) is 70.2 Å². The Labute approximate surface area is 243 Å². The third kappa shape index (κ3) is 5.73. The molecule has 3 N–H and O–H groups in total. The molecule has 41 heavy (non-hydrogen) atoms. The van der Waals surface area contributed by atoms with E-state index in [1.807, 2.05) is 70.2 Å². The average molecular weight is 548 g/mol. The molecule has 5 aromatic rings. The summed E-state index contributed by atoms with van der Waals surface area (Å²) in [5, 5.41) is 3.45. The second kappa shape index (κ2) is 12.6. The van der Waals surface area contributed by atoms with Crippen LogP contribution < -0.4 is 11.1 Å². The lowest BCUT2D eigenvalue weighted by Gasteiger charge is -2.39. The van der Waals surface area contributed by atoms with Gasteiger partial charge < -0.3 is 11.1 Å². The fourth-order valence-electron chi connectivity index (χ4n) is 5.70. The van der Waals surface area contributed by atoms with Gasteiger partial charge in [-0.2, -0.15) is 0 Å². The normalized spacial score (nSPS) is 15.5. The number of rotatable bonds is 5. The maximum absolute atomic E-state index is 6.30. The summed E-state index contributed by atoms with van der Waals surface area (Å²) >= 11 is 0. The van der Waals surface area contributed by atoms with Crippen LogP contribution in [0.3, 0.4) is 0 Å². The van der Waals surface area contributed by atoms with Crippen LogP contribution in [0.25, 0.3) is 39.5 Å². The molecule has 5 heterocycles. The molecule has 3 aromatic heterocycles. The molecule has 0 amide bonds. The number of nitrogens with one attached hydrogen (secondary N) is 1. The van der Waals surface area contributed by atoms with Gasteiger partial charge in [0.25, 0.3) is 0 Å². The number of hydrogen-bond donors (Lipinski definition) is 2. The second-order valence-corrected chi connectivity index (χ2v) is 10.3. The standard InChI is InChI=1S/C30H29N7.2C2H6/c31-27-24(7-4-15-33-27)28-35-26-13-12-25(22-5-2-1-3-6-22)34-29(26)37(28)23-10-8-21(9-11-23)17-36-16-14-30(20-36)18-32-19-30;2*1-2/h1-13,15,32H,14,16-20H2,(H2,31,33);2*1-2H3. The Morgan fingerprint density at radius 3 is 2.27 bits per heavy atom. The highest BCUT2D eigenvalue weighted by Crippen LogP contribution is 2.35. The van der Waals surface area contributed by atoms with E-state index in [-0.39, 0.29) is 0 Å². The molecular weight excluding hydrogens is 506 g/mol. The number of anilines is 1. The van der Waals surface area contributed by atoms with E-state index in [4.69, 9.17) is 15.7 Å². The molecule has 2 saturated heterocycles. The van der Waals surface area contributed by atoms with E-state index in [1.165, 1.54) is 25.1 Å². The molecule has 2 fully saturated rings. The lowest BCUT2D eigenvalue weighted by molar-refractivity contribution is 0.167. The number of fused-ring (bicyclic) bond motifs is 1. The number of nitrogens with two attached hydrogens (primary N) is 1.